The van der Waals surface area contributed by atoms with E-state index in [1.165, 1.54) is 78.0 Å². The summed E-state index contributed by atoms with van der Waals surface area (Å²) < 4.78 is 12.1. The zero-order valence-corrected chi connectivity index (χ0v) is 48.9. The molecule has 7 nitrogen and oxygen atoms in total. The fourth-order valence-electron chi connectivity index (χ4n) is 13.2. The van der Waals surface area contributed by atoms with Gasteiger partial charge in [-0.3, -0.25) is 4.57 Å². The van der Waals surface area contributed by atoms with Crippen molar-refractivity contribution in [3.8, 4) is 61.8 Å². The number of anilines is 4. The van der Waals surface area contributed by atoms with Crippen LogP contribution in [0.15, 0.2) is 206 Å². The van der Waals surface area contributed by atoms with Gasteiger partial charge in [0.05, 0.1) is 39.1 Å². The highest BCUT2D eigenvalue weighted by Crippen LogP contribution is 2.53. The smallest absolute Gasteiger partial charge is 0.137 e. The third kappa shape index (κ3) is 9.23. The van der Waals surface area contributed by atoms with Gasteiger partial charge < -0.3 is 19.1 Å². The van der Waals surface area contributed by atoms with Gasteiger partial charge >= 0.3 is 0 Å². The summed E-state index contributed by atoms with van der Waals surface area (Å²) in [5.41, 5.74) is 23.4. The Hall–Kier alpha value is -9.20. The summed E-state index contributed by atoms with van der Waals surface area (Å²) in [5, 5.41) is 2.31. The first-order chi connectivity index (χ1) is 40.3. The number of nitrogens with zero attached hydrogens (tertiary/aromatic N) is 6. The lowest BCUT2D eigenvalue weighted by molar-refractivity contribution is 0.483. The Morgan fingerprint density at radius 2 is 1.17 bits per heavy atom. The Bertz CT molecular complexity index is 4360. The molecule has 0 amide bonds. The second-order valence-corrected chi connectivity index (χ2v) is 24.6. The number of para-hydroxylation sites is 2. The molecule has 0 fully saturated rings. The van der Waals surface area contributed by atoms with Crippen molar-refractivity contribution >= 4 is 55.6 Å². The maximum atomic E-state index is 7.36. The molecule has 410 valence electrons. The van der Waals surface area contributed by atoms with E-state index in [4.69, 9.17) is 14.7 Å². The second-order valence-electron chi connectivity index (χ2n) is 24.6. The van der Waals surface area contributed by atoms with Gasteiger partial charge in [0.25, 0.3) is 0 Å². The third-order valence-electron chi connectivity index (χ3n) is 17.4. The van der Waals surface area contributed by atoms with E-state index < -0.39 is 0 Å². The number of rotatable bonds is 11. The summed E-state index contributed by atoms with van der Waals surface area (Å²) in [4.78, 5) is 15.7. The summed E-state index contributed by atoms with van der Waals surface area (Å²) >= 11 is 0. The number of pyridine rings is 1. The van der Waals surface area contributed by atoms with Crippen molar-refractivity contribution in [1.82, 2.24) is 19.1 Å². The molecular formula is C76H70N6O. The van der Waals surface area contributed by atoms with Crippen molar-refractivity contribution in [2.75, 3.05) is 16.5 Å². The van der Waals surface area contributed by atoms with E-state index in [0.29, 0.717) is 6.67 Å². The van der Waals surface area contributed by atoms with E-state index in [1.807, 2.05) is 6.20 Å². The molecule has 0 bridgehead atoms. The predicted molar refractivity (Wildman–Crippen MR) is 347 cm³/mol. The van der Waals surface area contributed by atoms with Crippen LogP contribution in [0, 0.1) is 6.92 Å². The summed E-state index contributed by atoms with van der Waals surface area (Å²) in [6.45, 7) is 19.7. The normalized spacial score (nSPS) is 13.5. The summed E-state index contributed by atoms with van der Waals surface area (Å²) in [5.74, 6) is 4.12. The number of fused-ring (bicyclic) bond motifs is 7. The summed E-state index contributed by atoms with van der Waals surface area (Å²) in [6, 6.07) is 73.5. The van der Waals surface area contributed by atoms with Crippen LogP contribution in [0.5, 0.6) is 11.5 Å². The molecule has 83 heavy (non-hydrogen) atoms. The second kappa shape index (κ2) is 20.7. The fraction of sp³-hybridized carbons (Fsp3) is 0.211. The monoisotopic (exact) mass is 1080 g/mol. The van der Waals surface area contributed by atoms with E-state index in [2.05, 4.69) is 275 Å². The van der Waals surface area contributed by atoms with Crippen molar-refractivity contribution in [2.24, 2.45) is 0 Å². The highest BCUT2D eigenvalue weighted by Gasteiger charge is 2.34. The average Bonchev–Trinajstić information content (AvgIpc) is 2.42. The van der Waals surface area contributed by atoms with Gasteiger partial charge in [0.15, 0.2) is 0 Å². The average molecular weight is 1080 g/mol. The molecule has 14 rings (SSSR count). The molecule has 2 aliphatic heterocycles. The van der Waals surface area contributed by atoms with Crippen molar-refractivity contribution < 1.29 is 4.74 Å². The predicted octanol–water partition coefficient (Wildman–Crippen LogP) is 20.4. The number of aromatic nitrogens is 4. The summed E-state index contributed by atoms with van der Waals surface area (Å²) in [7, 11) is 0. The number of benzene rings is 9. The zero-order chi connectivity index (χ0) is 56.7. The van der Waals surface area contributed by atoms with Crippen LogP contribution in [-0.2, 0) is 18.4 Å². The number of ether oxygens (including phenoxy) is 1. The molecule has 2 aliphatic rings. The fourth-order valence-corrected chi connectivity index (χ4v) is 13.2. The molecular weight excluding hydrogens is 1010 g/mol. The molecule has 5 heterocycles. The number of imidazole rings is 1. The van der Waals surface area contributed by atoms with Gasteiger partial charge in [-0.25, -0.2) is 9.97 Å². The van der Waals surface area contributed by atoms with Crippen molar-refractivity contribution in [1.29, 1.82) is 0 Å². The van der Waals surface area contributed by atoms with Crippen LogP contribution in [0.3, 0.4) is 0 Å². The van der Waals surface area contributed by atoms with E-state index in [9.17, 15) is 0 Å². The SMILES string of the molecule is Cc1cc(-n2c3ccccc3c3ccc(Oc4cc(-c5c(C(C)C)cccc5C(C)C)cc(N5CN(c6c(-c7ccccc7)cccc6-c6ccccc6)c6cc7c(cc65)nc5n7CCCC5)c4)cc32)ncc1-c1ccc(C(C)(C)C)cc1. The highest BCUT2D eigenvalue weighted by molar-refractivity contribution is 6.09. The minimum absolute atomic E-state index is 0.0797. The molecule has 0 saturated heterocycles. The quantitative estimate of drug-likeness (QED) is 0.129. The van der Waals surface area contributed by atoms with Gasteiger partial charge in [-0.05, 0) is 136 Å². The van der Waals surface area contributed by atoms with Crippen LogP contribution >= 0.6 is 0 Å². The Morgan fingerprint density at radius 1 is 0.518 bits per heavy atom. The Kier molecular flexibility index (Phi) is 12.9. The minimum atomic E-state index is 0.0797. The molecule has 0 N–H and O–H groups in total. The Balaban J connectivity index is 0.946. The van der Waals surface area contributed by atoms with Gasteiger partial charge in [0, 0.05) is 64.4 Å². The third-order valence-corrected chi connectivity index (χ3v) is 17.4. The van der Waals surface area contributed by atoms with Crippen LogP contribution in [-0.4, -0.2) is 25.8 Å². The highest BCUT2D eigenvalue weighted by atomic mass is 16.5. The first-order valence-corrected chi connectivity index (χ1v) is 29.7. The van der Waals surface area contributed by atoms with Gasteiger partial charge in [0.2, 0.25) is 0 Å². The van der Waals surface area contributed by atoms with Gasteiger partial charge in [-0.1, -0.05) is 188 Å². The molecule has 0 atom stereocenters. The molecule has 0 aliphatic carbocycles. The maximum Gasteiger partial charge on any atom is 0.137 e. The molecule has 0 unspecified atom stereocenters. The first kappa shape index (κ1) is 51.9. The van der Waals surface area contributed by atoms with Gasteiger partial charge in [-0.2, -0.15) is 0 Å². The van der Waals surface area contributed by atoms with Crippen LogP contribution < -0.4 is 14.5 Å². The summed E-state index contributed by atoms with van der Waals surface area (Å²) in [6.07, 6.45) is 5.33. The maximum absolute atomic E-state index is 7.36. The topological polar surface area (TPSA) is 51.4 Å². The zero-order valence-electron chi connectivity index (χ0n) is 48.9. The molecule has 7 heteroatoms. The van der Waals surface area contributed by atoms with Crippen LogP contribution in [0.4, 0.5) is 22.7 Å². The van der Waals surface area contributed by atoms with E-state index in [-0.39, 0.29) is 17.3 Å². The number of hydrogen-bond donors (Lipinski definition) is 0. The number of hydrogen-bond acceptors (Lipinski definition) is 5. The molecule has 9 aromatic carbocycles. The lowest BCUT2D eigenvalue weighted by atomic mass is 9.85. The molecule has 3 aromatic heterocycles. The van der Waals surface area contributed by atoms with E-state index in [0.717, 1.165) is 93.2 Å². The van der Waals surface area contributed by atoms with Crippen molar-refractivity contribution in [2.45, 2.75) is 98.4 Å². The Morgan fingerprint density at radius 3 is 1.86 bits per heavy atom. The van der Waals surface area contributed by atoms with E-state index >= 15 is 0 Å². The van der Waals surface area contributed by atoms with Gasteiger partial charge in [0.1, 0.15) is 29.8 Å². The van der Waals surface area contributed by atoms with Crippen LogP contribution in [0.25, 0.3) is 83.2 Å². The van der Waals surface area contributed by atoms with Gasteiger partial charge in [-0.15, -0.1) is 0 Å². The van der Waals surface area contributed by atoms with E-state index in [1.54, 1.807) is 0 Å². The first-order valence-electron chi connectivity index (χ1n) is 29.7. The van der Waals surface area contributed by atoms with Crippen LogP contribution in [0.2, 0.25) is 0 Å². The largest absolute Gasteiger partial charge is 0.457 e. The number of aryl methyl sites for hydroxylation is 3. The standard InChI is InChI=1S/C76H70N6O/c1-48(2)59-26-19-27-60(49(3)4)74(59)54-40-56(42-58(41-54)83-57-36-37-64-63-25-15-16-30-67(63)82(68(64)43-57)73-39-50(5)65(46-77-73)53-32-34-55(35-33-53)76(6,7)8)80-47-81(71-45-69-66(44-70(71)80)78-72-31-17-18-38-79(69)72)75-61(51-21-11-9-12-22-51)28-20-29-62(75)52-23-13-10-14-24-52/h9-16,19-30,32-37,39-46,48-49H,17-18,31,38,47H2,1-8H3. The van der Waals surface area contributed by atoms with Crippen molar-refractivity contribution in [3.63, 3.8) is 0 Å². The lowest BCUT2D eigenvalue weighted by Gasteiger charge is -2.28. The minimum Gasteiger partial charge on any atom is -0.457 e. The lowest BCUT2D eigenvalue weighted by Crippen LogP contribution is -2.25. The Labute approximate surface area is 488 Å². The molecule has 0 spiro atoms. The molecule has 0 radical (unpaired) electrons. The molecule has 12 aromatic rings. The van der Waals surface area contributed by atoms with Crippen LogP contribution in [0.1, 0.15) is 101 Å². The van der Waals surface area contributed by atoms with Crippen molar-refractivity contribution in [3.05, 3.63) is 234 Å². The molecule has 0 saturated carbocycles.